The Balaban J connectivity index is 2.81. The van der Waals surface area contributed by atoms with Gasteiger partial charge in [-0.15, -0.1) is 0 Å². The van der Waals surface area contributed by atoms with Crippen LogP contribution in [-0.4, -0.2) is 16.6 Å². The third-order valence-electron chi connectivity index (χ3n) is 2.55. The summed E-state index contributed by atoms with van der Waals surface area (Å²) < 4.78 is 42.6. The Morgan fingerprint density at radius 2 is 1.89 bits per heavy atom. The lowest BCUT2D eigenvalue weighted by molar-refractivity contribution is -0.145. The first-order valence-electron chi connectivity index (χ1n) is 5.61. The zero-order chi connectivity index (χ0) is 13.8. The van der Waals surface area contributed by atoms with Crippen LogP contribution < -0.4 is 4.74 Å². The molecule has 0 unspecified atom stereocenters. The number of aromatic nitrogens is 2. The molecule has 0 saturated carbocycles. The second-order valence-corrected chi connectivity index (χ2v) is 4.23. The summed E-state index contributed by atoms with van der Waals surface area (Å²) in [5.74, 6) is -1.14. The summed E-state index contributed by atoms with van der Waals surface area (Å²) >= 11 is 5.51. The van der Waals surface area contributed by atoms with E-state index in [0.717, 1.165) is 12.8 Å². The molecule has 1 heterocycles. The molecule has 0 bridgehead atoms. The molecule has 0 radical (unpaired) electrons. The first kappa shape index (κ1) is 15.0. The second-order valence-electron chi connectivity index (χ2n) is 3.84. The normalized spacial score (nSPS) is 11.9. The fourth-order valence-corrected chi connectivity index (χ4v) is 1.50. The lowest BCUT2D eigenvalue weighted by Gasteiger charge is -2.14. The molecular formula is C11H14ClF3N2O. The van der Waals surface area contributed by atoms with E-state index < -0.39 is 12.0 Å². The van der Waals surface area contributed by atoms with Crippen LogP contribution in [0.3, 0.4) is 0 Å². The van der Waals surface area contributed by atoms with Crippen LogP contribution in [0.4, 0.5) is 13.2 Å². The van der Waals surface area contributed by atoms with Gasteiger partial charge in [-0.3, -0.25) is 0 Å². The highest BCUT2D eigenvalue weighted by Gasteiger charge is 2.35. The van der Waals surface area contributed by atoms with Crippen molar-refractivity contribution in [2.75, 3.05) is 6.61 Å². The molecule has 0 saturated heterocycles. The molecule has 0 aliphatic rings. The van der Waals surface area contributed by atoms with Gasteiger partial charge in [0.05, 0.1) is 6.61 Å². The van der Waals surface area contributed by atoms with Gasteiger partial charge < -0.3 is 4.74 Å². The summed E-state index contributed by atoms with van der Waals surface area (Å²) in [6, 6.07) is 1.18. The minimum Gasteiger partial charge on any atom is -0.477 e. The summed E-state index contributed by atoms with van der Waals surface area (Å²) in [5, 5.41) is -0.281. The van der Waals surface area contributed by atoms with Crippen LogP contribution >= 0.6 is 11.6 Å². The van der Waals surface area contributed by atoms with E-state index >= 15 is 0 Å². The lowest BCUT2D eigenvalue weighted by atomic mass is 10.1. The quantitative estimate of drug-likeness (QED) is 0.767. The van der Waals surface area contributed by atoms with Crippen LogP contribution in [0.25, 0.3) is 0 Å². The number of alkyl halides is 3. The van der Waals surface area contributed by atoms with Crippen LogP contribution in [0.5, 0.6) is 5.88 Å². The minimum absolute atomic E-state index is 0.144. The zero-order valence-corrected chi connectivity index (χ0v) is 10.8. The van der Waals surface area contributed by atoms with E-state index in [1.807, 2.05) is 13.8 Å². The maximum absolute atomic E-state index is 12.4. The van der Waals surface area contributed by atoms with E-state index in [2.05, 4.69) is 9.97 Å². The summed E-state index contributed by atoms with van der Waals surface area (Å²) in [6.07, 6.45) is -2.85. The maximum Gasteiger partial charge on any atom is 0.451 e. The van der Waals surface area contributed by atoms with Crippen molar-refractivity contribution in [3.63, 3.8) is 0 Å². The van der Waals surface area contributed by atoms with E-state index in [1.165, 1.54) is 6.07 Å². The number of rotatable bonds is 5. The molecule has 0 aliphatic carbocycles. The van der Waals surface area contributed by atoms with Gasteiger partial charge in [0.15, 0.2) is 0 Å². The highest BCUT2D eigenvalue weighted by Crippen LogP contribution is 2.29. The van der Waals surface area contributed by atoms with Crippen LogP contribution in [0.2, 0.25) is 5.15 Å². The van der Waals surface area contributed by atoms with E-state index in [4.69, 9.17) is 16.3 Å². The zero-order valence-electron chi connectivity index (χ0n) is 10.1. The molecule has 0 aromatic carbocycles. The first-order valence-corrected chi connectivity index (χ1v) is 5.99. The van der Waals surface area contributed by atoms with Gasteiger partial charge in [0.1, 0.15) is 5.15 Å². The van der Waals surface area contributed by atoms with E-state index in [1.54, 1.807) is 0 Å². The van der Waals surface area contributed by atoms with Gasteiger partial charge in [0.2, 0.25) is 11.7 Å². The monoisotopic (exact) mass is 282 g/mol. The van der Waals surface area contributed by atoms with Gasteiger partial charge in [-0.1, -0.05) is 38.3 Å². The Labute approximate surface area is 108 Å². The maximum atomic E-state index is 12.4. The fourth-order valence-electron chi connectivity index (χ4n) is 1.33. The van der Waals surface area contributed by atoms with Crippen LogP contribution in [0.15, 0.2) is 6.07 Å². The SMILES string of the molecule is CCC(CC)COc1cc(Cl)nc(C(F)(F)F)n1. The smallest absolute Gasteiger partial charge is 0.451 e. The van der Waals surface area contributed by atoms with Gasteiger partial charge in [0, 0.05) is 6.07 Å². The van der Waals surface area contributed by atoms with Gasteiger partial charge >= 0.3 is 6.18 Å². The first-order chi connectivity index (χ1) is 8.36. The average molecular weight is 283 g/mol. The Morgan fingerprint density at radius 1 is 1.28 bits per heavy atom. The van der Waals surface area contributed by atoms with Gasteiger partial charge in [-0.05, 0) is 5.92 Å². The molecule has 0 N–H and O–H groups in total. The van der Waals surface area contributed by atoms with Crippen LogP contribution in [0.1, 0.15) is 32.5 Å². The number of ether oxygens (including phenoxy) is 1. The molecule has 7 heteroatoms. The Bertz CT molecular complexity index is 394. The average Bonchev–Trinajstić information content (AvgIpc) is 2.28. The summed E-state index contributed by atoms with van der Waals surface area (Å²) in [7, 11) is 0. The highest BCUT2D eigenvalue weighted by atomic mass is 35.5. The van der Waals surface area contributed by atoms with Crippen molar-refractivity contribution in [3.8, 4) is 5.88 Å². The molecule has 0 amide bonds. The van der Waals surface area contributed by atoms with Gasteiger partial charge in [0.25, 0.3) is 0 Å². The molecule has 0 spiro atoms. The van der Waals surface area contributed by atoms with Crippen molar-refractivity contribution in [3.05, 3.63) is 17.0 Å². The molecular weight excluding hydrogens is 269 g/mol. The van der Waals surface area contributed by atoms with Crippen LogP contribution in [-0.2, 0) is 6.18 Å². The molecule has 1 aromatic rings. The summed E-state index contributed by atoms with van der Waals surface area (Å²) in [5.41, 5.74) is 0. The van der Waals surface area contributed by atoms with Crippen molar-refractivity contribution >= 4 is 11.6 Å². The van der Waals surface area contributed by atoms with Gasteiger partial charge in [-0.2, -0.15) is 18.2 Å². The Morgan fingerprint density at radius 3 is 2.39 bits per heavy atom. The van der Waals surface area contributed by atoms with Crippen molar-refractivity contribution in [2.45, 2.75) is 32.9 Å². The predicted octanol–water partition coefficient (Wildman–Crippen LogP) is 3.96. The van der Waals surface area contributed by atoms with Crippen molar-refractivity contribution in [1.82, 2.24) is 9.97 Å². The third-order valence-corrected chi connectivity index (χ3v) is 2.74. The molecule has 3 nitrogen and oxygen atoms in total. The number of hydrogen-bond donors (Lipinski definition) is 0. The Kier molecular flexibility index (Phi) is 5.19. The molecule has 1 rings (SSSR count). The summed E-state index contributed by atoms with van der Waals surface area (Å²) in [4.78, 5) is 6.42. The number of halogens is 4. The highest BCUT2D eigenvalue weighted by molar-refractivity contribution is 6.29. The summed E-state index contributed by atoms with van der Waals surface area (Å²) in [6.45, 7) is 4.30. The lowest BCUT2D eigenvalue weighted by Crippen LogP contribution is -2.15. The van der Waals surface area contributed by atoms with E-state index in [9.17, 15) is 13.2 Å². The minimum atomic E-state index is -4.63. The van der Waals surface area contributed by atoms with Gasteiger partial charge in [-0.25, -0.2) is 4.98 Å². The second kappa shape index (κ2) is 6.22. The molecule has 102 valence electrons. The molecule has 0 fully saturated rings. The standard InChI is InChI=1S/C11H14ClF3N2O/c1-3-7(4-2)6-18-9-5-8(12)16-10(17-9)11(13,14)15/h5,7H,3-4,6H2,1-2H3. The third kappa shape index (κ3) is 4.33. The molecule has 1 aromatic heterocycles. The number of nitrogens with zero attached hydrogens (tertiary/aromatic N) is 2. The van der Waals surface area contributed by atoms with Crippen molar-refractivity contribution < 1.29 is 17.9 Å². The predicted molar refractivity (Wildman–Crippen MR) is 61.6 cm³/mol. The topological polar surface area (TPSA) is 35.0 Å². The van der Waals surface area contributed by atoms with E-state index in [0.29, 0.717) is 6.61 Å². The Hall–Kier alpha value is -1.04. The molecule has 0 aliphatic heterocycles. The fraction of sp³-hybridized carbons (Fsp3) is 0.636. The van der Waals surface area contributed by atoms with E-state index in [-0.39, 0.29) is 17.0 Å². The van der Waals surface area contributed by atoms with Crippen LogP contribution in [0, 0.1) is 5.92 Å². The molecule has 0 atom stereocenters. The number of hydrogen-bond acceptors (Lipinski definition) is 3. The van der Waals surface area contributed by atoms with Crippen molar-refractivity contribution in [1.29, 1.82) is 0 Å². The largest absolute Gasteiger partial charge is 0.477 e. The van der Waals surface area contributed by atoms with Crippen molar-refractivity contribution in [2.24, 2.45) is 5.92 Å². The molecule has 18 heavy (non-hydrogen) atoms.